The molecule has 1 aromatic heterocycles. The van der Waals surface area contributed by atoms with Gasteiger partial charge in [0.05, 0.1) is 17.0 Å². The number of anilines is 2. The first-order valence-electron chi connectivity index (χ1n) is 10.3. The Balaban J connectivity index is 1.52. The highest BCUT2D eigenvalue weighted by Crippen LogP contribution is 2.44. The third-order valence-corrected chi connectivity index (χ3v) is 5.84. The normalized spacial score (nSPS) is 22.3. The fraction of sp³-hybridized carbons (Fsp3) is 0.391. The minimum absolute atomic E-state index is 0.0813. The van der Waals surface area contributed by atoms with Crippen LogP contribution in [0.2, 0.25) is 0 Å². The van der Waals surface area contributed by atoms with E-state index in [1.54, 1.807) is 0 Å². The van der Waals surface area contributed by atoms with E-state index in [1.807, 2.05) is 6.07 Å². The topological polar surface area (TPSA) is 126 Å². The van der Waals surface area contributed by atoms with Crippen molar-refractivity contribution in [2.24, 2.45) is 11.1 Å². The zero-order valence-electron chi connectivity index (χ0n) is 17.9. The first kappa shape index (κ1) is 21.0. The molecular formula is C23H27N5O3. The second kappa shape index (κ2) is 7.46. The van der Waals surface area contributed by atoms with E-state index >= 15 is 0 Å². The molecule has 1 spiro atoms. The maximum absolute atomic E-state index is 12.9. The van der Waals surface area contributed by atoms with Crippen molar-refractivity contribution in [3.8, 4) is 0 Å². The Kier molecular flexibility index (Phi) is 5.05. The van der Waals surface area contributed by atoms with Crippen LogP contribution in [0.25, 0.3) is 0 Å². The summed E-state index contributed by atoms with van der Waals surface area (Å²) < 4.78 is 0. The molecule has 2 aliphatic heterocycles. The average Bonchev–Trinajstić information content (AvgIpc) is 3.25. The van der Waals surface area contributed by atoms with Crippen molar-refractivity contribution in [3.63, 3.8) is 0 Å². The van der Waals surface area contributed by atoms with Crippen molar-refractivity contribution < 1.29 is 14.4 Å². The molecule has 162 valence electrons. The molecular weight excluding hydrogens is 394 g/mol. The van der Waals surface area contributed by atoms with Gasteiger partial charge in [-0.05, 0) is 47.6 Å². The molecule has 2 unspecified atom stereocenters. The predicted octanol–water partition coefficient (Wildman–Crippen LogP) is 1.96. The Hall–Kier alpha value is -3.26. The van der Waals surface area contributed by atoms with Crippen LogP contribution in [0, 0.1) is 5.41 Å². The van der Waals surface area contributed by atoms with Gasteiger partial charge in [0.2, 0.25) is 17.7 Å². The largest absolute Gasteiger partial charge is 0.366 e. The van der Waals surface area contributed by atoms with Crippen LogP contribution in [0.15, 0.2) is 36.5 Å². The zero-order valence-corrected chi connectivity index (χ0v) is 17.9. The van der Waals surface area contributed by atoms with E-state index in [0.717, 1.165) is 17.7 Å². The number of carbonyl (C=O) groups excluding carboxylic acids is 3. The molecule has 31 heavy (non-hydrogen) atoms. The number of nitrogens with one attached hydrogen (secondary N) is 3. The van der Waals surface area contributed by atoms with Gasteiger partial charge in [-0.25, -0.2) is 4.98 Å². The van der Waals surface area contributed by atoms with E-state index < -0.39 is 17.4 Å². The first-order chi connectivity index (χ1) is 14.6. The lowest BCUT2D eigenvalue weighted by Gasteiger charge is -2.23. The van der Waals surface area contributed by atoms with E-state index in [9.17, 15) is 14.4 Å². The number of aromatic nitrogens is 1. The number of pyridine rings is 1. The minimum Gasteiger partial charge on any atom is -0.366 e. The highest BCUT2D eigenvalue weighted by molar-refractivity contribution is 6.08. The number of benzene rings is 1. The Labute approximate surface area is 181 Å². The third kappa shape index (κ3) is 4.03. The fourth-order valence-corrected chi connectivity index (χ4v) is 4.36. The quantitative estimate of drug-likeness (QED) is 0.600. The van der Waals surface area contributed by atoms with Gasteiger partial charge in [0, 0.05) is 18.4 Å². The van der Waals surface area contributed by atoms with Crippen molar-refractivity contribution in [2.45, 2.75) is 45.1 Å². The van der Waals surface area contributed by atoms with Crippen molar-refractivity contribution in [2.75, 3.05) is 17.2 Å². The lowest BCUT2D eigenvalue weighted by molar-refractivity contribution is -0.120. The number of nitrogens with two attached hydrogens (primary N) is 1. The lowest BCUT2D eigenvalue weighted by Crippen LogP contribution is -2.36. The van der Waals surface area contributed by atoms with Crippen molar-refractivity contribution >= 4 is 29.2 Å². The van der Waals surface area contributed by atoms with E-state index in [4.69, 9.17) is 5.73 Å². The van der Waals surface area contributed by atoms with Crippen LogP contribution in [0.1, 0.15) is 48.7 Å². The molecule has 8 nitrogen and oxygen atoms in total. The fourth-order valence-electron chi connectivity index (χ4n) is 4.36. The summed E-state index contributed by atoms with van der Waals surface area (Å²) in [4.78, 5) is 41.0. The summed E-state index contributed by atoms with van der Waals surface area (Å²) in [5.74, 6) is -0.617. The number of hydrogen-bond donors (Lipinski definition) is 4. The molecule has 0 saturated carbocycles. The van der Waals surface area contributed by atoms with Gasteiger partial charge < -0.3 is 21.7 Å². The van der Waals surface area contributed by atoms with Crippen LogP contribution in [0.3, 0.4) is 0 Å². The molecule has 3 amide bonds. The molecule has 2 aliphatic rings. The second-order valence-electron chi connectivity index (χ2n) is 9.58. The van der Waals surface area contributed by atoms with Gasteiger partial charge in [-0.2, -0.15) is 0 Å². The van der Waals surface area contributed by atoms with Gasteiger partial charge >= 0.3 is 0 Å². The summed E-state index contributed by atoms with van der Waals surface area (Å²) in [6, 6.07) is 8.61. The Morgan fingerprint density at radius 3 is 2.68 bits per heavy atom. The summed E-state index contributed by atoms with van der Waals surface area (Å²) >= 11 is 0. The number of rotatable bonds is 4. The Morgan fingerprint density at radius 2 is 2.03 bits per heavy atom. The standard InChI is InChI=1S/C23H27N5O3/c1-22(2,3)9-13-4-6-16-15(8-13)23(21(31)27-16)10-17(26-12-23)20(30)28-18-7-5-14(11-25-18)19(24)29/h4-8,11,17,26H,9-10,12H2,1-3H3,(H2,24,29)(H,27,31)(H,25,28,30). The molecule has 2 aromatic rings. The maximum Gasteiger partial charge on any atom is 0.250 e. The Morgan fingerprint density at radius 1 is 1.26 bits per heavy atom. The summed E-state index contributed by atoms with van der Waals surface area (Å²) in [7, 11) is 0. The van der Waals surface area contributed by atoms with Crippen molar-refractivity contribution in [1.29, 1.82) is 0 Å². The average molecular weight is 422 g/mol. The van der Waals surface area contributed by atoms with E-state index in [1.165, 1.54) is 23.9 Å². The number of nitrogens with zero attached hydrogens (tertiary/aromatic N) is 1. The molecule has 4 rings (SSSR count). The molecule has 0 aliphatic carbocycles. The number of carbonyl (C=O) groups is 3. The summed E-state index contributed by atoms with van der Waals surface area (Å²) in [5.41, 5.74) is 7.78. The van der Waals surface area contributed by atoms with E-state index in [0.29, 0.717) is 18.8 Å². The lowest BCUT2D eigenvalue weighted by atomic mass is 9.78. The van der Waals surface area contributed by atoms with Gasteiger partial charge in [0.1, 0.15) is 5.82 Å². The predicted molar refractivity (Wildman–Crippen MR) is 118 cm³/mol. The molecule has 0 bridgehead atoms. The molecule has 2 atom stereocenters. The van der Waals surface area contributed by atoms with Crippen LogP contribution >= 0.6 is 0 Å². The maximum atomic E-state index is 12.9. The summed E-state index contributed by atoms with van der Waals surface area (Å²) in [5, 5.41) is 8.92. The van der Waals surface area contributed by atoms with E-state index in [2.05, 4.69) is 53.8 Å². The number of amides is 3. The molecule has 1 fully saturated rings. The monoisotopic (exact) mass is 421 g/mol. The Bertz CT molecular complexity index is 1060. The smallest absolute Gasteiger partial charge is 0.250 e. The third-order valence-electron chi connectivity index (χ3n) is 5.84. The van der Waals surface area contributed by atoms with Crippen LogP contribution in [0.4, 0.5) is 11.5 Å². The van der Waals surface area contributed by atoms with E-state index in [-0.39, 0.29) is 22.8 Å². The molecule has 1 aromatic carbocycles. The van der Waals surface area contributed by atoms with Crippen LogP contribution in [0.5, 0.6) is 0 Å². The molecule has 3 heterocycles. The van der Waals surface area contributed by atoms with Gasteiger partial charge in [-0.3, -0.25) is 14.4 Å². The van der Waals surface area contributed by atoms with Gasteiger partial charge in [0.15, 0.2) is 0 Å². The first-order valence-corrected chi connectivity index (χ1v) is 10.3. The summed E-state index contributed by atoms with van der Waals surface area (Å²) in [6.07, 6.45) is 2.57. The van der Waals surface area contributed by atoms with Gasteiger partial charge in [-0.1, -0.05) is 32.9 Å². The number of hydrogen-bond acceptors (Lipinski definition) is 5. The van der Waals surface area contributed by atoms with Crippen LogP contribution in [-0.4, -0.2) is 35.3 Å². The second-order valence-corrected chi connectivity index (χ2v) is 9.58. The molecule has 1 saturated heterocycles. The number of fused-ring (bicyclic) bond motifs is 2. The van der Waals surface area contributed by atoms with Crippen molar-refractivity contribution in [1.82, 2.24) is 10.3 Å². The highest BCUT2D eigenvalue weighted by Gasteiger charge is 2.53. The van der Waals surface area contributed by atoms with Gasteiger partial charge in [-0.15, -0.1) is 0 Å². The SMILES string of the molecule is CC(C)(C)Cc1ccc2c(c1)C1(CNC(C(=O)Nc3ccc(C(N)=O)cn3)C1)C(=O)N2. The van der Waals surface area contributed by atoms with Gasteiger partial charge in [0.25, 0.3) is 0 Å². The highest BCUT2D eigenvalue weighted by atomic mass is 16.2. The minimum atomic E-state index is -0.769. The van der Waals surface area contributed by atoms with Crippen LogP contribution in [-0.2, 0) is 21.4 Å². The molecule has 5 N–H and O–H groups in total. The number of primary amides is 1. The zero-order chi connectivity index (χ0) is 22.4. The van der Waals surface area contributed by atoms with Crippen LogP contribution < -0.4 is 21.7 Å². The molecule has 0 radical (unpaired) electrons. The molecule has 8 heteroatoms. The van der Waals surface area contributed by atoms with Crippen molar-refractivity contribution in [3.05, 3.63) is 53.2 Å². The summed E-state index contributed by atoms with van der Waals surface area (Å²) in [6.45, 7) is 6.93.